The number of phenolic OH excluding ortho intramolecular Hbond substituents is 1. The van der Waals surface area contributed by atoms with E-state index in [9.17, 15) is 5.11 Å². The molecule has 0 aromatic heterocycles. The second-order valence-electron chi connectivity index (χ2n) is 3.61. The van der Waals surface area contributed by atoms with Crippen LogP contribution in [-0.4, -0.2) is 5.11 Å². The molecule has 0 aliphatic rings. The lowest BCUT2D eigenvalue weighted by Crippen LogP contribution is -1.99. The van der Waals surface area contributed by atoms with Gasteiger partial charge in [-0.15, -0.1) is 0 Å². The third-order valence-corrected chi connectivity index (χ3v) is 2.94. The molecular formula is C13H11Cl2NO. The van der Waals surface area contributed by atoms with Crippen LogP contribution >= 0.6 is 23.2 Å². The number of phenols is 1. The highest BCUT2D eigenvalue weighted by Crippen LogP contribution is 2.26. The number of para-hydroxylation sites is 1. The topological polar surface area (TPSA) is 32.3 Å². The summed E-state index contributed by atoms with van der Waals surface area (Å²) in [5.41, 5.74) is 1.61. The molecule has 17 heavy (non-hydrogen) atoms. The zero-order chi connectivity index (χ0) is 12.3. The summed E-state index contributed by atoms with van der Waals surface area (Å²) in [5.74, 6) is 0.269. The molecule has 4 heteroatoms. The molecule has 0 saturated heterocycles. The average molecular weight is 268 g/mol. The number of hydrogen-bond acceptors (Lipinski definition) is 2. The highest BCUT2D eigenvalue weighted by atomic mass is 35.5. The molecule has 2 aromatic rings. The van der Waals surface area contributed by atoms with Gasteiger partial charge in [0.2, 0.25) is 0 Å². The molecule has 0 aliphatic heterocycles. The van der Waals surface area contributed by atoms with Crippen LogP contribution in [0.2, 0.25) is 10.0 Å². The van der Waals surface area contributed by atoms with Crippen LogP contribution in [0.25, 0.3) is 0 Å². The van der Waals surface area contributed by atoms with E-state index in [4.69, 9.17) is 23.2 Å². The fraction of sp³-hybridized carbons (Fsp3) is 0.0769. The van der Waals surface area contributed by atoms with Gasteiger partial charge in [0.05, 0.1) is 10.7 Å². The highest BCUT2D eigenvalue weighted by Gasteiger charge is 2.03. The summed E-state index contributed by atoms with van der Waals surface area (Å²) in [5, 5.41) is 13.9. The Hall–Kier alpha value is -1.38. The predicted octanol–water partition coefficient (Wildman–Crippen LogP) is 4.31. The molecule has 0 amide bonds. The highest BCUT2D eigenvalue weighted by molar-refractivity contribution is 6.36. The van der Waals surface area contributed by atoms with Crippen molar-refractivity contribution >= 4 is 28.9 Å². The summed E-state index contributed by atoms with van der Waals surface area (Å²) in [6.07, 6.45) is 0. The van der Waals surface area contributed by atoms with Gasteiger partial charge in [-0.05, 0) is 24.3 Å². The van der Waals surface area contributed by atoms with E-state index in [1.54, 1.807) is 24.3 Å². The first kappa shape index (κ1) is 12.1. The zero-order valence-corrected chi connectivity index (χ0v) is 10.5. The Labute approximate surface area is 110 Å². The van der Waals surface area contributed by atoms with Crippen molar-refractivity contribution < 1.29 is 5.11 Å². The maximum atomic E-state index is 9.61. The van der Waals surface area contributed by atoms with Crippen LogP contribution in [0.1, 0.15) is 5.56 Å². The van der Waals surface area contributed by atoms with Crippen LogP contribution in [0.3, 0.4) is 0 Å². The molecule has 0 bridgehead atoms. The number of benzene rings is 2. The van der Waals surface area contributed by atoms with Crippen LogP contribution < -0.4 is 5.32 Å². The molecule has 2 N–H and O–H groups in total. The largest absolute Gasteiger partial charge is 0.508 e. The minimum Gasteiger partial charge on any atom is -0.508 e. The molecule has 0 unspecified atom stereocenters. The first-order chi connectivity index (χ1) is 8.16. The Morgan fingerprint density at radius 3 is 2.53 bits per heavy atom. The van der Waals surface area contributed by atoms with Crippen molar-refractivity contribution in [1.29, 1.82) is 0 Å². The minimum absolute atomic E-state index is 0.269. The number of anilines is 1. The van der Waals surface area contributed by atoms with E-state index in [2.05, 4.69) is 5.32 Å². The summed E-state index contributed by atoms with van der Waals surface area (Å²) in [6, 6.07) is 12.4. The van der Waals surface area contributed by atoms with Crippen LogP contribution in [0, 0.1) is 0 Å². The van der Waals surface area contributed by atoms with Gasteiger partial charge in [-0.25, -0.2) is 0 Å². The van der Waals surface area contributed by atoms with Crippen molar-refractivity contribution in [2.45, 2.75) is 6.54 Å². The van der Waals surface area contributed by atoms with Crippen molar-refractivity contribution in [1.82, 2.24) is 0 Å². The van der Waals surface area contributed by atoms with Gasteiger partial charge in [0, 0.05) is 17.1 Å². The van der Waals surface area contributed by atoms with Gasteiger partial charge >= 0.3 is 0 Å². The van der Waals surface area contributed by atoms with Crippen molar-refractivity contribution in [2.24, 2.45) is 0 Å². The molecule has 0 radical (unpaired) electrons. The summed E-state index contributed by atoms with van der Waals surface area (Å²) in [4.78, 5) is 0. The van der Waals surface area contributed by atoms with Gasteiger partial charge in [0.25, 0.3) is 0 Å². The van der Waals surface area contributed by atoms with E-state index in [0.29, 0.717) is 16.6 Å². The van der Waals surface area contributed by atoms with Gasteiger partial charge in [0.15, 0.2) is 0 Å². The van der Waals surface area contributed by atoms with Crippen LogP contribution in [0.5, 0.6) is 5.75 Å². The van der Waals surface area contributed by atoms with E-state index >= 15 is 0 Å². The molecule has 2 aromatic carbocycles. The number of nitrogens with one attached hydrogen (secondary N) is 1. The smallest absolute Gasteiger partial charge is 0.120 e. The van der Waals surface area contributed by atoms with Gasteiger partial charge in [-0.1, -0.05) is 41.4 Å². The lowest BCUT2D eigenvalue weighted by molar-refractivity contribution is 0.469. The third kappa shape index (κ3) is 3.05. The van der Waals surface area contributed by atoms with E-state index in [1.165, 1.54) is 0 Å². The second kappa shape index (κ2) is 5.30. The Morgan fingerprint density at radius 1 is 1.06 bits per heavy atom. The van der Waals surface area contributed by atoms with Gasteiger partial charge in [-0.2, -0.15) is 0 Å². The SMILES string of the molecule is Oc1ccccc1CNc1ccc(Cl)cc1Cl. The molecular weight excluding hydrogens is 257 g/mol. The quantitative estimate of drug-likeness (QED) is 0.869. The fourth-order valence-electron chi connectivity index (χ4n) is 1.48. The molecule has 0 saturated carbocycles. The Balaban J connectivity index is 2.10. The van der Waals surface area contributed by atoms with E-state index in [1.807, 2.05) is 18.2 Å². The molecule has 2 rings (SSSR count). The predicted molar refractivity (Wildman–Crippen MR) is 71.9 cm³/mol. The lowest BCUT2D eigenvalue weighted by Gasteiger charge is -2.09. The number of rotatable bonds is 3. The zero-order valence-electron chi connectivity index (χ0n) is 8.95. The number of halogens is 2. The molecule has 88 valence electrons. The van der Waals surface area contributed by atoms with Crippen molar-refractivity contribution in [2.75, 3.05) is 5.32 Å². The van der Waals surface area contributed by atoms with Crippen LogP contribution in [0.15, 0.2) is 42.5 Å². The Morgan fingerprint density at radius 2 is 1.82 bits per heavy atom. The maximum Gasteiger partial charge on any atom is 0.120 e. The Kier molecular flexibility index (Phi) is 3.77. The lowest BCUT2D eigenvalue weighted by atomic mass is 10.2. The molecule has 2 nitrogen and oxygen atoms in total. The third-order valence-electron chi connectivity index (χ3n) is 2.39. The Bertz CT molecular complexity index is 529. The van der Waals surface area contributed by atoms with Gasteiger partial charge in [-0.3, -0.25) is 0 Å². The van der Waals surface area contributed by atoms with Crippen LogP contribution in [-0.2, 0) is 6.54 Å². The van der Waals surface area contributed by atoms with Crippen LogP contribution in [0.4, 0.5) is 5.69 Å². The standard InChI is InChI=1S/C13H11Cl2NO/c14-10-5-6-12(11(15)7-10)16-8-9-3-1-2-4-13(9)17/h1-7,16-17H,8H2. The second-order valence-corrected chi connectivity index (χ2v) is 4.45. The molecule has 0 aliphatic carbocycles. The number of hydrogen-bond donors (Lipinski definition) is 2. The molecule has 0 spiro atoms. The van der Waals surface area contributed by atoms with Crippen molar-refractivity contribution in [3.8, 4) is 5.75 Å². The van der Waals surface area contributed by atoms with E-state index in [0.717, 1.165) is 11.3 Å². The van der Waals surface area contributed by atoms with E-state index in [-0.39, 0.29) is 5.75 Å². The summed E-state index contributed by atoms with van der Waals surface area (Å²) >= 11 is 11.8. The monoisotopic (exact) mass is 267 g/mol. The van der Waals surface area contributed by atoms with Gasteiger partial charge in [0.1, 0.15) is 5.75 Å². The molecule has 0 fully saturated rings. The minimum atomic E-state index is 0.269. The fourth-order valence-corrected chi connectivity index (χ4v) is 1.96. The van der Waals surface area contributed by atoms with Crippen molar-refractivity contribution in [3.05, 3.63) is 58.1 Å². The first-order valence-electron chi connectivity index (χ1n) is 5.12. The van der Waals surface area contributed by atoms with Crippen molar-refractivity contribution in [3.63, 3.8) is 0 Å². The van der Waals surface area contributed by atoms with E-state index < -0.39 is 0 Å². The van der Waals surface area contributed by atoms with Gasteiger partial charge < -0.3 is 10.4 Å². The molecule has 0 heterocycles. The summed E-state index contributed by atoms with van der Waals surface area (Å²) in [7, 11) is 0. The average Bonchev–Trinajstić information content (AvgIpc) is 2.30. The first-order valence-corrected chi connectivity index (χ1v) is 5.88. The summed E-state index contributed by atoms with van der Waals surface area (Å²) < 4.78 is 0. The summed E-state index contributed by atoms with van der Waals surface area (Å²) in [6.45, 7) is 0.508. The maximum absolute atomic E-state index is 9.61. The number of aromatic hydroxyl groups is 1. The normalized spacial score (nSPS) is 10.2. The molecule has 0 atom stereocenters.